The van der Waals surface area contributed by atoms with Gasteiger partial charge in [0, 0.05) is 30.5 Å². The molecule has 0 saturated heterocycles. The summed E-state index contributed by atoms with van der Waals surface area (Å²) >= 11 is 0. The van der Waals surface area contributed by atoms with Gasteiger partial charge in [-0.1, -0.05) is 30.3 Å². The molecular formula is C28H31NO8. The number of aryl methyl sites for hydroxylation is 1. The number of methoxy groups -OCH3 is 3. The summed E-state index contributed by atoms with van der Waals surface area (Å²) in [4.78, 5) is 26.1. The van der Waals surface area contributed by atoms with Crippen LogP contribution in [0.5, 0.6) is 23.0 Å². The van der Waals surface area contributed by atoms with Crippen LogP contribution in [0.2, 0.25) is 0 Å². The van der Waals surface area contributed by atoms with Crippen LogP contribution >= 0.6 is 0 Å². The Balaban J connectivity index is 1.67. The fraction of sp³-hybridized carbons (Fsp3) is 0.357. The third kappa shape index (κ3) is 5.41. The van der Waals surface area contributed by atoms with E-state index < -0.39 is 11.5 Å². The molecule has 0 fully saturated rings. The summed E-state index contributed by atoms with van der Waals surface area (Å²) in [5.41, 5.74) is 1.91. The van der Waals surface area contributed by atoms with Gasteiger partial charge in [-0.25, -0.2) is 4.79 Å². The van der Waals surface area contributed by atoms with E-state index in [1.54, 1.807) is 19.1 Å². The van der Waals surface area contributed by atoms with E-state index >= 15 is 0 Å². The van der Waals surface area contributed by atoms with Crippen molar-refractivity contribution in [2.24, 2.45) is 0 Å². The summed E-state index contributed by atoms with van der Waals surface area (Å²) in [6.45, 7) is 2.40. The lowest BCUT2D eigenvalue weighted by Gasteiger charge is -2.27. The molecule has 37 heavy (non-hydrogen) atoms. The zero-order valence-electron chi connectivity index (χ0n) is 21.3. The number of aromatic hydroxyl groups is 1. The van der Waals surface area contributed by atoms with E-state index in [4.69, 9.17) is 23.4 Å². The minimum Gasteiger partial charge on any atom is -0.507 e. The molecule has 0 bridgehead atoms. The standard InChI is InChI=1S/C28H31NO8/c1-16-13-21(30)25(28(32)37-16)20(19-9-10-22(33-2)27(35-4)26(19)34-3)14-24(31)29-15-23-18-8-6-5-7-17(18)11-12-36-23/h5-10,13,20,23,30H,11-12,14-15H2,1-4H3,(H,29,31)/t20-,23+/m1/s1. The summed E-state index contributed by atoms with van der Waals surface area (Å²) in [6, 6.07) is 12.7. The molecule has 3 aromatic rings. The number of amides is 1. The van der Waals surface area contributed by atoms with Crippen LogP contribution in [-0.4, -0.2) is 45.5 Å². The third-order valence-corrected chi connectivity index (χ3v) is 6.51. The second-order valence-corrected chi connectivity index (χ2v) is 8.74. The van der Waals surface area contributed by atoms with Gasteiger partial charge in [0.05, 0.1) is 33.5 Å². The number of rotatable bonds is 9. The molecule has 1 aliphatic heterocycles. The van der Waals surface area contributed by atoms with E-state index in [1.165, 1.54) is 33.0 Å². The van der Waals surface area contributed by atoms with Crippen LogP contribution in [-0.2, 0) is 16.0 Å². The molecule has 196 valence electrons. The predicted molar refractivity (Wildman–Crippen MR) is 136 cm³/mol. The summed E-state index contributed by atoms with van der Waals surface area (Å²) in [5, 5.41) is 13.7. The van der Waals surface area contributed by atoms with Crippen LogP contribution < -0.4 is 25.2 Å². The lowest BCUT2D eigenvalue weighted by Crippen LogP contribution is -2.33. The Bertz CT molecular complexity index is 1330. The Morgan fingerprint density at radius 1 is 1.11 bits per heavy atom. The van der Waals surface area contributed by atoms with Crippen molar-refractivity contribution in [3.63, 3.8) is 0 Å². The van der Waals surface area contributed by atoms with Crippen LogP contribution in [0.4, 0.5) is 0 Å². The maximum Gasteiger partial charge on any atom is 0.343 e. The number of nitrogens with one attached hydrogen (secondary N) is 1. The van der Waals surface area contributed by atoms with Crippen LogP contribution in [0, 0.1) is 6.92 Å². The maximum absolute atomic E-state index is 13.2. The van der Waals surface area contributed by atoms with Gasteiger partial charge in [-0.15, -0.1) is 0 Å². The van der Waals surface area contributed by atoms with Crippen molar-refractivity contribution in [1.82, 2.24) is 5.32 Å². The van der Waals surface area contributed by atoms with Crippen molar-refractivity contribution in [2.75, 3.05) is 34.5 Å². The molecule has 9 nitrogen and oxygen atoms in total. The van der Waals surface area contributed by atoms with Gasteiger partial charge in [-0.2, -0.15) is 0 Å². The van der Waals surface area contributed by atoms with Crippen LogP contribution in [0.25, 0.3) is 0 Å². The maximum atomic E-state index is 13.2. The molecule has 1 aromatic heterocycles. The lowest BCUT2D eigenvalue weighted by molar-refractivity contribution is -0.122. The van der Waals surface area contributed by atoms with Gasteiger partial charge in [-0.3, -0.25) is 4.79 Å². The summed E-state index contributed by atoms with van der Waals surface area (Å²) in [6.07, 6.45) is 0.382. The minimum absolute atomic E-state index is 0.0504. The van der Waals surface area contributed by atoms with E-state index in [1.807, 2.05) is 18.2 Å². The van der Waals surface area contributed by atoms with Gasteiger partial charge in [-0.05, 0) is 30.5 Å². The molecule has 0 radical (unpaired) electrons. The first-order chi connectivity index (χ1) is 17.9. The van der Waals surface area contributed by atoms with Crippen LogP contribution in [0.15, 0.2) is 51.7 Å². The normalized spacial score (nSPS) is 15.4. The largest absolute Gasteiger partial charge is 0.507 e. The summed E-state index contributed by atoms with van der Waals surface area (Å²) in [5.74, 6) is -0.256. The topological polar surface area (TPSA) is 116 Å². The fourth-order valence-corrected chi connectivity index (χ4v) is 4.80. The molecule has 9 heteroatoms. The Kier molecular flexibility index (Phi) is 8.03. The van der Waals surface area contributed by atoms with Crippen molar-refractivity contribution < 1.29 is 33.3 Å². The van der Waals surface area contributed by atoms with Gasteiger partial charge < -0.3 is 33.8 Å². The molecule has 2 heterocycles. The Morgan fingerprint density at radius 3 is 2.57 bits per heavy atom. The number of carbonyl (C=O) groups excluding carboxylic acids is 1. The van der Waals surface area contributed by atoms with E-state index in [9.17, 15) is 14.7 Å². The van der Waals surface area contributed by atoms with Gasteiger partial charge in [0.2, 0.25) is 11.7 Å². The number of carbonyl (C=O) groups is 1. The Morgan fingerprint density at radius 2 is 1.86 bits per heavy atom. The van der Waals surface area contributed by atoms with Crippen LogP contribution in [0.1, 0.15) is 46.5 Å². The highest BCUT2D eigenvalue weighted by atomic mass is 16.5. The van der Waals surface area contributed by atoms with Crippen LogP contribution in [0.3, 0.4) is 0 Å². The van der Waals surface area contributed by atoms with Gasteiger partial charge in [0.25, 0.3) is 0 Å². The first-order valence-corrected chi connectivity index (χ1v) is 12.0. The fourth-order valence-electron chi connectivity index (χ4n) is 4.80. The molecule has 2 atom stereocenters. The molecule has 1 amide bonds. The van der Waals surface area contributed by atoms with Gasteiger partial charge in [0.15, 0.2) is 11.5 Å². The number of fused-ring (bicyclic) bond motifs is 1. The highest BCUT2D eigenvalue weighted by molar-refractivity contribution is 5.78. The second kappa shape index (κ2) is 11.4. The SMILES string of the molecule is COc1ccc([C@@H](CC(=O)NC[C@@H]2OCCc3ccccc32)c2c(O)cc(C)oc2=O)c(OC)c1OC. The van der Waals surface area contributed by atoms with Crippen molar-refractivity contribution in [3.05, 3.63) is 80.9 Å². The van der Waals surface area contributed by atoms with E-state index in [2.05, 4.69) is 11.4 Å². The Labute approximate surface area is 214 Å². The highest BCUT2D eigenvalue weighted by Gasteiger charge is 2.31. The smallest absolute Gasteiger partial charge is 0.343 e. The molecule has 0 saturated carbocycles. The third-order valence-electron chi connectivity index (χ3n) is 6.51. The number of benzene rings is 2. The molecule has 0 spiro atoms. The first kappa shape index (κ1) is 26.1. The number of hydrogen-bond donors (Lipinski definition) is 2. The molecule has 0 aliphatic carbocycles. The quantitative estimate of drug-likeness (QED) is 0.449. The van der Waals surface area contributed by atoms with E-state index in [0.29, 0.717) is 23.7 Å². The minimum atomic E-state index is -0.897. The molecule has 2 aromatic carbocycles. The Hall–Kier alpha value is -3.98. The predicted octanol–water partition coefficient (Wildman–Crippen LogP) is 3.63. The average Bonchev–Trinajstić information content (AvgIpc) is 2.89. The second-order valence-electron chi connectivity index (χ2n) is 8.74. The zero-order chi connectivity index (χ0) is 26.5. The zero-order valence-corrected chi connectivity index (χ0v) is 21.3. The van der Waals surface area contributed by atoms with Gasteiger partial charge >= 0.3 is 5.63 Å². The van der Waals surface area contributed by atoms with Crippen molar-refractivity contribution >= 4 is 5.91 Å². The van der Waals surface area contributed by atoms with E-state index in [0.717, 1.165) is 12.0 Å². The highest BCUT2D eigenvalue weighted by Crippen LogP contribution is 2.46. The molecule has 2 N–H and O–H groups in total. The molecular weight excluding hydrogens is 478 g/mol. The average molecular weight is 510 g/mol. The van der Waals surface area contributed by atoms with Crippen molar-refractivity contribution in [3.8, 4) is 23.0 Å². The number of hydrogen-bond acceptors (Lipinski definition) is 8. The molecule has 4 rings (SSSR count). The molecule has 1 aliphatic rings. The summed E-state index contributed by atoms with van der Waals surface area (Å²) < 4.78 is 27.7. The van der Waals surface area contributed by atoms with Crippen molar-refractivity contribution in [1.29, 1.82) is 0 Å². The van der Waals surface area contributed by atoms with E-state index in [-0.39, 0.29) is 47.8 Å². The first-order valence-electron chi connectivity index (χ1n) is 12.0. The monoisotopic (exact) mass is 509 g/mol. The van der Waals surface area contributed by atoms with Gasteiger partial charge in [0.1, 0.15) is 17.6 Å². The van der Waals surface area contributed by atoms with Crippen molar-refractivity contribution in [2.45, 2.75) is 31.8 Å². The lowest BCUT2D eigenvalue weighted by atomic mass is 9.87. The summed E-state index contributed by atoms with van der Waals surface area (Å²) in [7, 11) is 4.41. The number of ether oxygens (including phenoxy) is 4. The molecule has 0 unspecified atom stereocenters.